The lowest BCUT2D eigenvalue weighted by atomic mass is 10.3. The summed E-state index contributed by atoms with van der Waals surface area (Å²) in [7, 11) is -7.88. The first-order valence-electron chi connectivity index (χ1n) is 6.81. The first kappa shape index (κ1) is 19.8. The SMILES string of the molecule is CS(=O)(=O)Nc1ccc(NS(=O)(=O)c2ccccc2OC(F)(F)F)cc1. The number of halogens is 3. The molecule has 0 fully saturated rings. The molecule has 0 aromatic heterocycles. The van der Waals surface area contributed by atoms with Crippen molar-refractivity contribution >= 4 is 31.4 Å². The van der Waals surface area contributed by atoms with Gasteiger partial charge in [0.25, 0.3) is 10.0 Å². The van der Waals surface area contributed by atoms with Crippen molar-refractivity contribution in [1.82, 2.24) is 0 Å². The fraction of sp³-hybridized carbons (Fsp3) is 0.143. The van der Waals surface area contributed by atoms with E-state index >= 15 is 0 Å². The van der Waals surface area contributed by atoms with Crippen LogP contribution < -0.4 is 14.2 Å². The number of ether oxygens (including phenoxy) is 1. The van der Waals surface area contributed by atoms with E-state index in [0.717, 1.165) is 18.4 Å². The summed E-state index contributed by atoms with van der Waals surface area (Å²) in [4.78, 5) is -0.698. The number of hydrogen-bond acceptors (Lipinski definition) is 5. The predicted molar refractivity (Wildman–Crippen MR) is 88.8 cm³/mol. The lowest BCUT2D eigenvalue weighted by molar-refractivity contribution is -0.275. The van der Waals surface area contributed by atoms with E-state index in [0.29, 0.717) is 0 Å². The first-order chi connectivity index (χ1) is 11.9. The second-order valence-electron chi connectivity index (χ2n) is 5.05. The van der Waals surface area contributed by atoms with E-state index in [4.69, 9.17) is 0 Å². The zero-order chi connectivity index (χ0) is 19.6. The van der Waals surface area contributed by atoms with Crippen LogP contribution in [0, 0.1) is 0 Å². The molecule has 0 bridgehead atoms. The molecule has 0 radical (unpaired) electrons. The van der Waals surface area contributed by atoms with Crippen LogP contribution in [0.2, 0.25) is 0 Å². The molecule has 7 nitrogen and oxygen atoms in total. The number of anilines is 2. The summed E-state index contributed by atoms with van der Waals surface area (Å²) in [6, 6.07) is 9.36. The Labute approximate surface area is 147 Å². The van der Waals surface area contributed by atoms with E-state index in [1.165, 1.54) is 36.4 Å². The summed E-state index contributed by atoms with van der Waals surface area (Å²) in [5.41, 5.74) is 0.210. The van der Waals surface area contributed by atoms with Gasteiger partial charge in [-0.3, -0.25) is 9.44 Å². The zero-order valence-corrected chi connectivity index (χ0v) is 14.7. The number of nitrogens with one attached hydrogen (secondary N) is 2. The minimum absolute atomic E-state index is 0.0193. The van der Waals surface area contributed by atoms with Gasteiger partial charge < -0.3 is 4.74 Å². The van der Waals surface area contributed by atoms with Crippen molar-refractivity contribution in [2.24, 2.45) is 0 Å². The normalized spacial score (nSPS) is 12.5. The van der Waals surface area contributed by atoms with Gasteiger partial charge in [-0.2, -0.15) is 0 Å². The smallest absolute Gasteiger partial charge is 0.404 e. The summed E-state index contributed by atoms with van der Waals surface area (Å²) < 4.78 is 92.2. The third kappa shape index (κ3) is 5.81. The van der Waals surface area contributed by atoms with Gasteiger partial charge in [-0.15, -0.1) is 13.2 Å². The zero-order valence-electron chi connectivity index (χ0n) is 13.1. The molecular weight excluding hydrogens is 397 g/mol. The van der Waals surface area contributed by atoms with E-state index in [1.54, 1.807) is 0 Å². The number of hydrogen-bond donors (Lipinski definition) is 2. The largest absolute Gasteiger partial charge is 0.573 e. The molecule has 2 N–H and O–H groups in total. The molecule has 2 aromatic rings. The van der Waals surface area contributed by atoms with Crippen LogP contribution in [-0.2, 0) is 20.0 Å². The van der Waals surface area contributed by atoms with E-state index in [2.05, 4.69) is 14.2 Å². The van der Waals surface area contributed by atoms with Crippen LogP contribution in [0.1, 0.15) is 0 Å². The highest BCUT2D eigenvalue weighted by atomic mass is 32.2. The molecule has 0 aliphatic heterocycles. The van der Waals surface area contributed by atoms with E-state index < -0.39 is 37.1 Å². The predicted octanol–water partition coefficient (Wildman–Crippen LogP) is 2.76. The minimum atomic E-state index is -5.05. The van der Waals surface area contributed by atoms with E-state index in [-0.39, 0.29) is 11.4 Å². The highest BCUT2D eigenvalue weighted by Crippen LogP contribution is 2.30. The lowest BCUT2D eigenvalue weighted by Gasteiger charge is -2.14. The lowest BCUT2D eigenvalue weighted by Crippen LogP contribution is -2.20. The average Bonchev–Trinajstić information content (AvgIpc) is 2.46. The Morgan fingerprint density at radius 2 is 1.35 bits per heavy atom. The molecule has 0 saturated heterocycles. The Morgan fingerprint density at radius 3 is 1.85 bits per heavy atom. The van der Waals surface area contributed by atoms with Gasteiger partial charge in [0.05, 0.1) is 6.26 Å². The maximum absolute atomic E-state index is 12.4. The van der Waals surface area contributed by atoms with Gasteiger partial charge in [-0.25, -0.2) is 16.8 Å². The minimum Gasteiger partial charge on any atom is -0.404 e. The van der Waals surface area contributed by atoms with Crippen molar-refractivity contribution in [3.05, 3.63) is 48.5 Å². The Balaban J connectivity index is 2.27. The Bertz CT molecular complexity index is 988. The van der Waals surface area contributed by atoms with Gasteiger partial charge in [-0.05, 0) is 36.4 Å². The molecule has 0 aliphatic carbocycles. The van der Waals surface area contributed by atoms with Crippen molar-refractivity contribution in [2.75, 3.05) is 15.7 Å². The number of benzene rings is 2. The van der Waals surface area contributed by atoms with Crippen LogP contribution >= 0.6 is 0 Å². The monoisotopic (exact) mass is 410 g/mol. The molecule has 0 atom stereocenters. The summed E-state index contributed by atoms with van der Waals surface area (Å²) in [6.07, 6.45) is -4.11. The molecule has 2 rings (SSSR count). The van der Waals surface area contributed by atoms with Crippen molar-refractivity contribution < 1.29 is 34.7 Å². The number of sulfonamides is 2. The summed E-state index contributed by atoms with van der Waals surface area (Å²) in [5.74, 6) is -0.872. The topological polar surface area (TPSA) is 102 Å². The highest BCUT2D eigenvalue weighted by molar-refractivity contribution is 7.93. The van der Waals surface area contributed by atoms with Crippen molar-refractivity contribution in [2.45, 2.75) is 11.3 Å². The highest BCUT2D eigenvalue weighted by Gasteiger charge is 2.34. The molecule has 0 spiro atoms. The third-order valence-corrected chi connectivity index (χ3v) is 4.83. The molecular formula is C14H13F3N2O5S2. The van der Waals surface area contributed by atoms with Gasteiger partial charge in [0.2, 0.25) is 10.0 Å². The van der Waals surface area contributed by atoms with Crippen molar-refractivity contribution in [3.8, 4) is 5.75 Å². The van der Waals surface area contributed by atoms with Crippen LogP contribution in [0.25, 0.3) is 0 Å². The van der Waals surface area contributed by atoms with Gasteiger partial charge in [0, 0.05) is 11.4 Å². The standard InChI is InChI=1S/C14H13F3N2O5S2/c1-25(20,21)18-10-6-8-11(9-7-10)19-26(22,23)13-5-3-2-4-12(13)24-14(15,16)17/h2-9,18-19H,1H3. The summed E-state index contributed by atoms with van der Waals surface area (Å²) >= 11 is 0. The number of para-hydroxylation sites is 1. The van der Waals surface area contributed by atoms with Crippen LogP contribution in [-0.4, -0.2) is 29.5 Å². The molecule has 0 saturated carbocycles. The summed E-state index contributed by atoms with van der Waals surface area (Å²) in [6.45, 7) is 0. The van der Waals surface area contributed by atoms with Gasteiger partial charge in [0.15, 0.2) is 0 Å². The quantitative estimate of drug-likeness (QED) is 0.763. The van der Waals surface area contributed by atoms with Crippen LogP contribution in [0.3, 0.4) is 0 Å². The first-order valence-corrected chi connectivity index (χ1v) is 10.2. The molecule has 0 amide bonds. The molecule has 0 unspecified atom stereocenters. The van der Waals surface area contributed by atoms with E-state index in [1.807, 2.05) is 0 Å². The second-order valence-corrected chi connectivity index (χ2v) is 8.45. The molecule has 0 heterocycles. The summed E-state index contributed by atoms with van der Waals surface area (Å²) in [5, 5.41) is 0. The van der Waals surface area contributed by atoms with Crippen LogP contribution in [0.4, 0.5) is 24.5 Å². The van der Waals surface area contributed by atoms with Gasteiger partial charge >= 0.3 is 6.36 Å². The molecule has 0 aliphatic rings. The van der Waals surface area contributed by atoms with Crippen LogP contribution in [0.5, 0.6) is 5.75 Å². The van der Waals surface area contributed by atoms with Gasteiger partial charge in [-0.1, -0.05) is 12.1 Å². The Morgan fingerprint density at radius 1 is 0.846 bits per heavy atom. The van der Waals surface area contributed by atoms with E-state index in [9.17, 15) is 30.0 Å². The number of rotatable bonds is 6. The average molecular weight is 410 g/mol. The molecule has 142 valence electrons. The second kappa shape index (κ2) is 7.03. The molecule has 12 heteroatoms. The molecule has 2 aromatic carbocycles. The maximum atomic E-state index is 12.4. The Hall–Kier alpha value is -2.47. The fourth-order valence-electron chi connectivity index (χ4n) is 1.91. The molecule has 26 heavy (non-hydrogen) atoms. The maximum Gasteiger partial charge on any atom is 0.573 e. The van der Waals surface area contributed by atoms with Crippen molar-refractivity contribution in [3.63, 3.8) is 0 Å². The number of alkyl halides is 3. The fourth-order valence-corrected chi connectivity index (χ4v) is 3.66. The third-order valence-electron chi connectivity index (χ3n) is 2.80. The van der Waals surface area contributed by atoms with Crippen molar-refractivity contribution in [1.29, 1.82) is 0 Å². The van der Waals surface area contributed by atoms with Crippen LogP contribution in [0.15, 0.2) is 53.4 Å². The Kier molecular flexibility index (Phi) is 5.37. The van der Waals surface area contributed by atoms with Gasteiger partial charge in [0.1, 0.15) is 10.6 Å².